The number of nitrogens with zero attached hydrogens (tertiary/aromatic N) is 1. The molecule has 0 aromatic carbocycles. The van der Waals surface area contributed by atoms with Crippen molar-refractivity contribution in [1.29, 1.82) is 0 Å². The van der Waals surface area contributed by atoms with Gasteiger partial charge in [0.25, 0.3) is 0 Å². The lowest BCUT2D eigenvalue weighted by Crippen LogP contribution is -2.32. The fourth-order valence-corrected chi connectivity index (χ4v) is 1.23. The monoisotopic (exact) mass is 231 g/mol. The van der Waals surface area contributed by atoms with Gasteiger partial charge in [0.15, 0.2) is 0 Å². The summed E-state index contributed by atoms with van der Waals surface area (Å²) in [5, 5.41) is 8.46. The lowest BCUT2D eigenvalue weighted by Gasteiger charge is -2.20. The van der Waals surface area contributed by atoms with Gasteiger partial charge in [0, 0.05) is 20.0 Å². The highest BCUT2D eigenvalue weighted by atomic mass is 16.5. The van der Waals surface area contributed by atoms with Gasteiger partial charge in [-0.1, -0.05) is 13.3 Å². The van der Waals surface area contributed by atoms with Gasteiger partial charge in [-0.3, -0.25) is 9.59 Å². The first-order chi connectivity index (χ1) is 7.61. The van der Waals surface area contributed by atoms with Gasteiger partial charge in [0.05, 0.1) is 13.0 Å². The number of aliphatic hydroxyl groups is 1. The van der Waals surface area contributed by atoms with Crippen molar-refractivity contribution in [1.82, 2.24) is 4.90 Å². The molecule has 0 bridgehead atoms. The fraction of sp³-hybridized carbons (Fsp3) is 0.818. The minimum atomic E-state index is -0.378. The Labute approximate surface area is 96.4 Å². The van der Waals surface area contributed by atoms with Crippen molar-refractivity contribution in [3.8, 4) is 0 Å². The molecule has 0 saturated heterocycles. The van der Waals surface area contributed by atoms with Gasteiger partial charge in [-0.05, 0) is 6.42 Å². The Morgan fingerprint density at radius 1 is 1.31 bits per heavy atom. The lowest BCUT2D eigenvalue weighted by molar-refractivity contribution is -0.145. The number of amides is 1. The number of esters is 1. The molecule has 0 spiro atoms. The molecule has 0 atom stereocenters. The number of ether oxygens (including phenoxy) is 1. The SMILES string of the molecule is CCCCN(CCC(=O)OCCO)C(C)=O. The molecule has 0 aliphatic carbocycles. The Morgan fingerprint density at radius 3 is 2.50 bits per heavy atom. The Bertz CT molecular complexity index is 218. The summed E-state index contributed by atoms with van der Waals surface area (Å²) in [6, 6.07) is 0. The van der Waals surface area contributed by atoms with E-state index in [1.165, 1.54) is 6.92 Å². The number of hydrogen-bond acceptors (Lipinski definition) is 4. The molecule has 0 saturated carbocycles. The fourth-order valence-electron chi connectivity index (χ4n) is 1.23. The van der Waals surface area contributed by atoms with E-state index < -0.39 is 0 Å². The molecular formula is C11H21NO4. The van der Waals surface area contributed by atoms with Crippen LogP contribution in [0, 0.1) is 0 Å². The standard InChI is InChI=1S/C11H21NO4/c1-3-4-6-12(10(2)14)7-5-11(15)16-9-8-13/h13H,3-9H2,1-2H3. The number of unbranched alkanes of at least 4 members (excludes halogenated alkanes) is 1. The summed E-state index contributed by atoms with van der Waals surface area (Å²) in [4.78, 5) is 24.0. The van der Waals surface area contributed by atoms with Crippen molar-refractivity contribution in [3.05, 3.63) is 0 Å². The van der Waals surface area contributed by atoms with Crippen LogP contribution in [0.5, 0.6) is 0 Å². The van der Waals surface area contributed by atoms with Crippen LogP contribution >= 0.6 is 0 Å². The molecular weight excluding hydrogens is 210 g/mol. The minimum Gasteiger partial charge on any atom is -0.463 e. The van der Waals surface area contributed by atoms with E-state index in [9.17, 15) is 9.59 Å². The van der Waals surface area contributed by atoms with Crippen molar-refractivity contribution < 1.29 is 19.4 Å². The van der Waals surface area contributed by atoms with E-state index in [1.54, 1.807) is 4.90 Å². The number of aliphatic hydroxyl groups excluding tert-OH is 1. The maximum Gasteiger partial charge on any atom is 0.307 e. The smallest absolute Gasteiger partial charge is 0.307 e. The van der Waals surface area contributed by atoms with Gasteiger partial charge in [0.2, 0.25) is 5.91 Å². The average Bonchev–Trinajstić information content (AvgIpc) is 2.25. The molecule has 94 valence electrons. The van der Waals surface area contributed by atoms with Gasteiger partial charge in [-0.25, -0.2) is 0 Å². The van der Waals surface area contributed by atoms with Crippen LogP contribution in [0.3, 0.4) is 0 Å². The quantitative estimate of drug-likeness (QED) is 0.620. The Kier molecular flexibility index (Phi) is 8.52. The molecule has 0 rings (SSSR count). The first kappa shape index (κ1) is 14.9. The van der Waals surface area contributed by atoms with E-state index in [2.05, 4.69) is 0 Å². The van der Waals surface area contributed by atoms with Crippen LogP contribution in [0.1, 0.15) is 33.1 Å². The van der Waals surface area contributed by atoms with Crippen LogP contribution < -0.4 is 0 Å². The van der Waals surface area contributed by atoms with Crippen LogP contribution in [0.15, 0.2) is 0 Å². The first-order valence-corrected chi connectivity index (χ1v) is 5.63. The topological polar surface area (TPSA) is 66.8 Å². The van der Waals surface area contributed by atoms with Gasteiger partial charge >= 0.3 is 5.97 Å². The van der Waals surface area contributed by atoms with E-state index in [1.807, 2.05) is 6.92 Å². The molecule has 0 radical (unpaired) electrons. The van der Waals surface area contributed by atoms with Crippen LogP contribution in [-0.4, -0.2) is 48.2 Å². The number of carbonyl (C=O) groups is 2. The van der Waals surface area contributed by atoms with Crippen molar-refractivity contribution in [3.63, 3.8) is 0 Å². The highest BCUT2D eigenvalue weighted by Crippen LogP contribution is 1.98. The summed E-state index contributed by atoms with van der Waals surface area (Å²) in [5.74, 6) is -0.403. The molecule has 0 fully saturated rings. The van der Waals surface area contributed by atoms with Crippen LogP contribution in [-0.2, 0) is 14.3 Å². The molecule has 5 nitrogen and oxygen atoms in total. The van der Waals surface area contributed by atoms with Crippen molar-refractivity contribution >= 4 is 11.9 Å². The molecule has 5 heteroatoms. The predicted molar refractivity (Wildman–Crippen MR) is 59.8 cm³/mol. The Hall–Kier alpha value is -1.10. The third-order valence-electron chi connectivity index (χ3n) is 2.17. The van der Waals surface area contributed by atoms with E-state index in [0.29, 0.717) is 13.1 Å². The number of carbonyl (C=O) groups excluding carboxylic acids is 2. The largest absolute Gasteiger partial charge is 0.463 e. The van der Waals surface area contributed by atoms with E-state index in [0.717, 1.165) is 12.8 Å². The predicted octanol–water partition coefficient (Wildman–Crippen LogP) is 0.561. The minimum absolute atomic E-state index is 0.0217. The lowest BCUT2D eigenvalue weighted by atomic mass is 10.3. The average molecular weight is 231 g/mol. The summed E-state index contributed by atoms with van der Waals surface area (Å²) in [7, 11) is 0. The van der Waals surface area contributed by atoms with Gasteiger partial charge in [0.1, 0.15) is 6.61 Å². The van der Waals surface area contributed by atoms with E-state index in [4.69, 9.17) is 9.84 Å². The third-order valence-corrected chi connectivity index (χ3v) is 2.17. The van der Waals surface area contributed by atoms with Crippen molar-refractivity contribution in [2.45, 2.75) is 33.1 Å². The molecule has 1 amide bonds. The molecule has 1 N–H and O–H groups in total. The van der Waals surface area contributed by atoms with E-state index >= 15 is 0 Å². The zero-order valence-electron chi connectivity index (χ0n) is 10.1. The van der Waals surface area contributed by atoms with Crippen molar-refractivity contribution in [2.24, 2.45) is 0 Å². The molecule has 0 unspecified atom stereocenters. The second-order valence-corrected chi connectivity index (χ2v) is 3.55. The summed E-state index contributed by atoms with van der Waals surface area (Å²) in [6.45, 7) is 4.47. The summed E-state index contributed by atoms with van der Waals surface area (Å²) in [5.41, 5.74) is 0. The first-order valence-electron chi connectivity index (χ1n) is 5.63. The summed E-state index contributed by atoms with van der Waals surface area (Å²) in [6.07, 6.45) is 2.13. The van der Waals surface area contributed by atoms with Crippen LogP contribution in [0.25, 0.3) is 0 Å². The van der Waals surface area contributed by atoms with Crippen molar-refractivity contribution in [2.75, 3.05) is 26.3 Å². The number of rotatable bonds is 8. The van der Waals surface area contributed by atoms with Gasteiger partial charge < -0.3 is 14.7 Å². The van der Waals surface area contributed by atoms with Gasteiger partial charge in [-0.2, -0.15) is 0 Å². The molecule has 0 aliphatic rings. The number of hydrogen-bond donors (Lipinski definition) is 1. The highest BCUT2D eigenvalue weighted by molar-refractivity contribution is 5.74. The summed E-state index contributed by atoms with van der Waals surface area (Å²) < 4.78 is 4.70. The molecule has 16 heavy (non-hydrogen) atoms. The van der Waals surface area contributed by atoms with E-state index in [-0.39, 0.29) is 31.5 Å². The van der Waals surface area contributed by atoms with Crippen LogP contribution in [0.2, 0.25) is 0 Å². The zero-order chi connectivity index (χ0) is 12.4. The maximum atomic E-state index is 11.2. The Morgan fingerprint density at radius 2 is 2.00 bits per heavy atom. The van der Waals surface area contributed by atoms with Gasteiger partial charge in [-0.15, -0.1) is 0 Å². The molecule has 0 aliphatic heterocycles. The Balaban J connectivity index is 3.82. The zero-order valence-corrected chi connectivity index (χ0v) is 10.1. The maximum absolute atomic E-state index is 11.2. The second-order valence-electron chi connectivity index (χ2n) is 3.55. The highest BCUT2D eigenvalue weighted by Gasteiger charge is 2.10. The van der Waals surface area contributed by atoms with Crippen LogP contribution in [0.4, 0.5) is 0 Å². The third kappa shape index (κ3) is 7.23. The summed E-state index contributed by atoms with van der Waals surface area (Å²) >= 11 is 0. The second kappa shape index (κ2) is 9.15. The molecule has 0 aromatic heterocycles. The normalized spacial score (nSPS) is 9.94. The molecule has 0 heterocycles. The molecule has 0 aromatic rings.